The Hall–Kier alpha value is -2.77. The van der Waals surface area contributed by atoms with Crippen molar-refractivity contribution in [2.75, 3.05) is 7.11 Å². The van der Waals surface area contributed by atoms with Crippen LogP contribution in [0.4, 0.5) is 0 Å². The van der Waals surface area contributed by atoms with Gasteiger partial charge in [-0.2, -0.15) is 5.10 Å². The second-order valence-electron chi connectivity index (χ2n) is 5.89. The molecule has 1 aromatic heterocycles. The Morgan fingerprint density at radius 2 is 1.96 bits per heavy atom. The van der Waals surface area contributed by atoms with Gasteiger partial charge in [0, 0.05) is 10.6 Å². The van der Waals surface area contributed by atoms with Crippen molar-refractivity contribution in [1.82, 2.24) is 20.5 Å². The van der Waals surface area contributed by atoms with Crippen molar-refractivity contribution in [3.05, 3.63) is 58.3 Å². The summed E-state index contributed by atoms with van der Waals surface area (Å²) in [6.07, 6.45) is -0.748. The minimum Gasteiger partial charge on any atom is -0.497 e. The first kappa shape index (κ1) is 20.0. The number of carbonyl (C=O) groups is 1. The van der Waals surface area contributed by atoms with Gasteiger partial charge in [-0.25, -0.2) is 4.98 Å². The first-order chi connectivity index (χ1) is 13.5. The number of hydrogen-bond acceptors (Lipinski definition) is 5. The number of benzene rings is 2. The molecule has 28 heavy (non-hydrogen) atoms. The summed E-state index contributed by atoms with van der Waals surface area (Å²) < 4.78 is 10.7. The topological polar surface area (TPSA) is 89.1 Å². The summed E-state index contributed by atoms with van der Waals surface area (Å²) in [5, 5.41) is 10.5. The first-order valence-corrected chi connectivity index (χ1v) is 9.17. The van der Waals surface area contributed by atoms with Gasteiger partial charge in [-0.05, 0) is 49.4 Å². The maximum absolute atomic E-state index is 12.3. The van der Waals surface area contributed by atoms with Crippen LogP contribution in [0, 0.1) is 0 Å². The van der Waals surface area contributed by atoms with E-state index in [1.54, 1.807) is 32.2 Å². The van der Waals surface area contributed by atoms with Gasteiger partial charge >= 0.3 is 0 Å². The predicted molar refractivity (Wildman–Crippen MR) is 107 cm³/mol. The highest BCUT2D eigenvalue weighted by Crippen LogP contribution is 2.28. The van der Waals surface area contributed by atoms with Crippen molar-refractivity contribution in [3.8, 4) is 22.9 Å². The average molecular weight is 421 g/mol. The van der Waals surface area contributed by atoms with Crippen molar-refractivity contribution in [2.45, 2.75) is 19.6 Å². The van der Waals surface area contributed by atoms with Gasteiger partial charge in [0.1, 0.15) is 17.3 Å². The quantitative estimate of drug-likeness (QED) is 0.605. The van der Waals surface area contributed by atoms with E-state index < -0.39 is 6.10 Å². The molecule has 0 aliphatic rings. The standard InChI is InChI=1S/C19H18Cl2N4O3/c1-11(28-16-8-5-13(20)9-15(16)21)19(26)22-10-17-23-18(25-24-17)12-3-6-14(27-2)7-4-12/h3-9,11H,10H2,1-2H3,(H,22,26)(H,23,24,25). The van der Waals surface area contributed by atoms with Crippen LogP contribution >= 0.6 is 23.2 Å². The van der Waals surface area contributed by atoms with E-state index in [0.29, 0.717) is 27.4 Å². The van der Waals surface area contributed by atoms with E-state index in [1.807, 2.05) is 24.3 Å². The lowest BCUT2D eigenvalue weighted by atomic mass is 10.2. The second-order valence-corrected chi connectivity index (χ2v) is 6.73. The molecular weight excluding hydrogens is 403 g/mol. The second kappa shape index (κ2) is 8.95. The molecule has 0 aliphatic carbocycles. The molecule has 3 rings (SSSR count). The lowest BCUT2D eigenvalue weighted by molar-refractivity contribution is -0.127. The van der Waals surface area contributed by atoms with Crippen molar-refractivity contribution in [1.29, 1.82) is 0 Å². The molecule has 0 spiro atoms. The van der Waals surface area contributed by atoms with Gasteiger partial charge in [-0.3, -0.25) is 9.89 Å². The number of aromatic nitrogens is 3. The summed E-state index contributed by atoms with van der Waals surface area (Å²) >= 11 is 11.9. The largest absolute Gasteiger partial charge is 0.497 e. The molecule has 0 radical (unpaired) electrons. The number of methoxy groups -OCH3 is 1. The van der Waals surface area contributed by atoms with Crippen molar-refractivity contribution in [2.24, 2.45) is 0 Å². The molecular formula is C19H18Cl2N4O3. The fourth-order valence-corrected chi connectivity index (χ4v) is 2.83. The van der Waals surface area contributed by atoms with Gasteiger partial charge < -0.3 is 14.8 Å². The molecule has 3 aromatic rings. The molecule has 0 saturated heterocycles. The van der Waals surface area contributed by atoms with Crippen LogP contribution in [-0.2, 0) is 11.3 Å². The fraction of sp³-hybridized carbons (Fsp3) is 0.211. The average Bonchev–Trinajstić information content (AvgIpc) is 3.17. The SMILES string of the molecule is COc1ccc(-c2n[nH]c(CNC(=O)C(C)Oc3ccc(Cl)cc3Cl)n2)cc1. The van der Waals surface area contributed by atoms with Crippen LogP contribution in [0.1, 0.15) is 12.7 Å². The van der Waals surface area contributed by atoms with Crippen LogP contribution in [-0.4, -0.2) is 34.3 Å². The molecule has 2 aromatic carbocycles. The highest BCUT2D eigenvalue weighted by Gasteiger charge is 2.17. The third-order valence-electron chi connectivity index (χ3n) is 3.88. The normalized spacial score (nSPS) is 11.7. The van der Waals surface area contributed by atoms with Crippen molar-refractivity contribution < 1.29 is 14.3 Å². The number of nitrogens with one attached hydrogen (secondary N) is 2. The molecule has 0 saturated carbocycles. The number of rotatable bonds is 7. The van der Waals surface area contributed by atoms with E-state index in [0.717, 1.165) is 11.3 Å². The summed E-state index contributed by atoms with van der Waals surface area (Å²) in [6, 6.07) is 12.2. The predicted octanol–water partition coefficient (Wildman–Crippen LogP) is 3.87. The molecule has 9 heteroatoms. The Labute approximate surface area is 172 Å². The van der Waals surface area contributed by atoms with Gasteiger partial charge in [0.15, 0.2) is 11.9 Å². The minimum absolute atomic E-state index is 0.185. The van der Waals surface area contributed by atoms with Crippen LogP contribution in [0.5, 0.6) is 11.5 Å². The summed E-state index contributed by atoms with van der Waals surface area (Å²) in [6.45, 7) is 1.81. The monoisotopic (exact) mass is 420 g/mol. The van der Waals surface area contributed by atoms with E-state index in [4.69, 9.17) is 32.7 Å². The number of carbonyl (C=O) groups excluding carboxylic acids is 1. The lowest BCUT2D eigenvalue weighted by Crippen LogP contribution is -2.36. The molecule has 0 bridgehead atoms. The van der Waals surface area contributed by atoms with E-state index in [2.05, 4.69) is 20.5 Å². The Balaban J connectivity index is 1.56. The van der Waals surface area contributed by atoms with Crippen LogP contribution in [0.2, 0.25) is 10.0 Å². The number of nitrogens with zero attached hydrogens (tertiary/aromatic N) is 2. The highest BCUT2D eigenvalue weighted by atomic mass is 35.5. The molecule has 1 unspecified atom stereocenters. The van der Waals surface area contributed by atoms with Crippen LogP contribution < -0.4 is 14.8 Å². The van der Waals surface area contributed by atoms with E-state index >= 15 is 0 Å². The highest BCUT2D eigenvalue weighted by molar-refractivity contribution is 6.35. The molecule has 1 atom stereocenters. The Kier molecular flexibility index (Phi) is 6.38. The zero-order chi connectivity index (χ0) is 20.1. The van der Waals surface area contributed by atoms with Crippen LogP contribution in [0.3, 0.4) is 0 Å². The Bertz CT molecular complexity index is 960. The number of amides is 1. The number of H-pyrrole nitrogens is 1. The summed E-state index contributed by atoms with van der Waals surface area (Å²) in [4.78, 5) is 16.6. The maximum Gasteiger partial charge on any atom is 0.261 e. The molecule has 1 amide bonds. The smallest absolute Gasteiger partial charge is 0.261 e. The van der Waals surface area contributed by atoms with Crippen LogP contribution in [0.15, 0.2) is 42.5 Å². The van der Waals surface area contributed by atoms with Crippen molar-refractivity contribution in [3.63, 3.8) is 0 Å². The van der Waals surface area contributed by atoms with Gasteiger partial charge in [0.25, 0.3) is 5.91 Å². The fourth-order valence-electron chi connectivity index (χ4n) is 2.37. The van der Waals surface area contributed by atoms with Gasteiger partial charge in [-0.15, -0.1) is 0 Å². The zero-order valence-corrected chi connectivity index (χ0v) is 16.7. The molecule has 2 N–H and O–H groups in total. The molecule has 0 fully saturated rings. The lowest BCUT2D eigenvalue weighted by Gasteiger charge is -2.15. The summed E-state index contributed by atoms with van der Waals surface area (Å²) in [7, 11) is 1.61. The number of aromatic amines is 1. The third-order valence-corrected chi connectivity index (χ3v) is 4.41. The number of halogens is 2. The summed E-state index contributed by atoms with van der Waals surface area (Å²) in [5.41, 5.74) is 0.837. The van der Waals surface area contributed by atoms with Gasteiger partial charge in [0.05, 0.1) is 18.7 Å². The van der Waals surface area contributed by atoms with E-state index in [1.165, 1.54) is 0 Å². The van der Waals surface area contributed by atoms with E-state index in [-0.39, 0.29) is 12.5 Å². The number of hydrogen-bond donors (Lipinski definition) is 2. The van der Waals surface area contributed by atoms with E-state index in [9.17, 15) is 4.79 Å². The molecule has 0 aliphatic heterocycles. The van der Waals surface area contributed by atoms with Gasteiger partial charge in [0.2, 0.25) is 0 Å². The zero-order valence-electron chi connectivity index (χ0n) is 15.2. The first-order valence-electron chi connectivity index (χ1n) is 8.41. The molecule has 7 nitrogen and oxygen atoms in total. The maximum atomic E-state index is 12.3. The molecule has 146 valence electrons. The molecule has 1 heterocycles. The minimum atomic E-state index is -0.748. The van der Waals surface area contributed by atoms with Gasteiger partial charge in [-0.1, -0.05) is 23.2 Å². The number of ether oxygens (including phenoxy) is 2. The third kappa shape index (κ3) is 4.94. The summed E-state index contributed by atoms with van der Waals surface area (Å²) in [5.74, 6) is 1.88. The van der Waals surface area contributed by atoms with Crippen LogP contribution in [0.25, 0.3) is 11.4 Å². The Morgan fingerprint density at radius 1 is 1.21 bits per heavy atom. The Morgan fingerprint density at radius 3 is 2.64 bits per heavy atom. The van der Waals surface area contributed by atoms with Crippen molar-refractivity contribution >= 4 is 29.1 Å².